The Morgan fingerprint density at radius 3 is 2.57 bits per heavy atom. The van der Waals surface area contributed by atoms with Crippen LogP contribution < -0.4 is 5.32 Å². The Balaban J connectivity index is 0.00000161. The largest absolute Gasteiger partial charge is 0.317 e. The molecule has 1 fully saturated rings. The molecule has 4 nitrogen and oxygen atoms in total. The molecule has 5 heteroatoms. The van der Waals surface area contributed by atoms with Crippen molar-refractivity contribution in [1.82, 2.24) is 20.1 Å². The standard InChI is InChI=1S/C16H22N4.ClH/c1-11-4-5-12(2)15(10-11)20-16(18-13(3)19-20)14-6-8-17-9-7-14;/h4-5,10,14,17H,6-9H2,1-3H3;1H. The normalized spacial score (nSPS) is 15.8. The molecule has 1 aliphatic rings. The summed E-state index contributed by atoms with van der Waals surface area (Å²) in [6.45, 7) is 8.38. The molecule has 2 aromatic rings. The molecule has 0 spiro atoms. The maximum absolute atomic E-state index is 4.71. The van der Waals surface area contributed by atoms with Gasteiger partial charge in [0.25, 0.3) is 0 Å². The Hall–Kier alpha value is -1.39. The smallest absolute Gasteiger partial charge is 0.148 e. The lowest BCUT2D eigenvalue weighted by Gasteiger charge is -2.22. The van der Waals surface area contributed by atoms with Crippen LogP contribution in [0.5, 0.6) is 0 Å². The summed E-state index contributed by atoms with van der Waals surface area (Å²) in [5, 5.41) is 8.06. The zero-order chi connectivity index (χ0) is 14.1. The summed E-state index contributed by atoms with van der Waals surface area (Å²) in [6.07, 6.45) is 2.28. The Labute approximate surface area is 132 Å². The average molecular weight is 307 g/mol. The van der Waals surface area contributed by atoms with Crippen LogP contribution in [-0.4, -0.2) is 27.9 Å². The highest BCUT2D eigenvalue weighted by Gasteiger charge is 2.22. The predicted molar refractivity (Wildman–Crippen MR) is 87.7 cm³/mol. The number of hydrogen-bond acceptors (Lipinski definition) is 3. The molecule has 1 saturated heterocycles. The van der Waals surface area contributed by atoms with Gasteiger partial charge in [0, 0.05) is 5.92 Å². The van der Waals surface area contributed by atoms with E-state index < -0.39 is 0 Å². The van der Waals surface area contributed by atoms with Crippen LogP contribution in [0.4, 0.5) is 0 Å². The molecule has 0 saturated carbocycles. The number of hydrogen-bond donors (Lipinski definition) is 1. The van der Waals surface area contributed by atoms with Gasteiger partial charge in [0.2, 0.25) is 0 Å². The summed E-state index contributed by atoms with van der Waals surface area (Å²) >= 11 is 0. The Kier molecular flexibility index (Phi) is 5.01. The molecule has 3 rings (SSSR count). The molecule has 1 N–H and O–H groups in total. The lowest BCUT2D eigenvalue weighted by molar-refractivity contribution is 0.438. The van der Waals surface area contributed by atoms with Gasteiger partial charge in [-0.05, 0) is 63.9 Å². The maximum Gasteiger partial charge on any atom is 0.148 e. The first-order valence-corrected chi connectivity index (χ1v) is 7.37. The molecule has 1 aliphatic heterocycles. The van der Waals surface area contributed by atoms with Crippen LogP contribution in [0.3, 0.4) is 0 Å². The van der Waals surface area contributed by atoms with E-state index in [0.717, 1.165) is 37.6 Å². The van der Waals surface area contributed by atoms with Crippen LogP contribution in [0.1, 0.15) is 41.5 Å². The number of benzene rings is 1. The Morgan fingerprint density at radius 1 is 1.14 bits per heavy atom. The summed E-state index contributed by atoms with van der Waals surface area (Å²) in [5.74, 6) is 2.49. The highest BCUT2D eigenvalue weighted by Crippen LogP contribution is 2.27. The number of nitrogens with one attached hydrogen (secondary N) is 1. The van der Waals surface area contributed by atoms with Crippen molar-refractivity contribution in [2.45, 2.75) is 39.5 Å². The monoisotopic (exact) mass is 306 g/mol. The number of aryl methyl sites for hydroxylation is 3. The second kappa shape index (κ2) is 6.58. The first-order valence-electron chi connectivity index (χ1n) is 7.37. The van der Waals surface area contributed by atoms with E-state index in [-0.39, 0.29) is 12.4 Å². The van der Waals surface area contributed by atoms with Gasteiger partial charge >= 0.3 is 0 Å². The minimum absolute atomic E-state index is 0. The van der Waals surface area contributed by atoms with Gasteiger partial charge in [-0.3, -0.25) is 0 Å². The van der Waals surface area contributed by atoms with E-state index in [1.807, 2.05) is 6.92 Å². The summed E-state index contributed by atoms with van der Waals surface area (Å²) in [7, 11) is 0. The molecule has 1 aromatic carbocycles. The zero-order valence-electron chi connectivity index (χ0n) is 12.9. The zero-order valence-corrected chi connectivity index (χ0v) is 13.7. The quantitative estimate of drug-likeness (QED) is 0.927. The van der Waals surface area contributed by atoms with Crippen LogP contribution in [0.15, 0.2) is 18.2 Å². The fourth-order valence-corrected chi connectivity index (χ4v) is 2.90. The lowest BCUT2D eigenvalue weighted by Crippen LogP contribution is -2.28. The third kappa shape index (κ3) is 3.27. The molecular weight excluding hydrogens is 284 g/mol. The van der Waals surface area contributed by atoms with Gasteiger partial charge in [-0.15, -0.1) is 12.4 Å². The molecule has 0 atom stereocenters. The molecule has 0 amide bonds. The molecule has 1 aromatic heterocycles. The van der Waals surface area contributed by atoms with E-state index in [1.54, 1.807) is 0 Å². The van der Waals surface area contributed by atoms with E-state index in [2.05, 4.69) is 47.1 Å². The number of nitrogens with zero attached hydrogens (tertiary/aromatic N) is 3. The molecule has 0 unspecified atom stereocenters. The van der Waals surface area contributed by atoms with Gasteiger partial charge in [0.15, 0.2) is 0 Å². The highest BCUT2D eigenvalue weighted by molar-refractivity contribution is 5.85. The molecule has 2 heterocycles. The SMILES string of the molecule is Cc1ccc(C)c(-n2nc(C)nc2C2CCNCC2)c1.Cl. The topological polar surface area (TPSA) is 42.7 Å². The number of halogens is 1. The minimum Gasteiger partial charge on any atom is -0.317 e. The molecule has 0 bridgehead atoms. The average Bonchev–Trinajstić information content (AvgIpc) is 2.84. The summed E-state index contributed by atoms with van der Waals surface area (Å²) < 4.78 is 2.06. The second-order valence-electron chi connectivity index (χ2n) is 5.74. The van der Waals surface area contributed by atoms with Crippen LogP contribution >= 0.6 is 12.4 Å². The molecule has 0 radical (unpaired) electrons. The molecule has 114 valence electrons. The van der Waals surface area contributed by atoms with Gasteiger partial charge in [-0.1, -0.05) is 12.1 Å². The van der Waals surface area contributed by atoms with E-state index in [1.165, 1.54) is 16.8 Å². The second-order valence-corrected chi connectivity index (χ2v) is 5.74. The van der Waals surface area contributed by atoms with E-state index in [4.69, 9.17) is 4.98 Å². The first kappa shape index (κ1) is 16.0. The Bertz CT molecular complexity index is 615. The van der Waals surface area contributed by atoms with E-state index >= 15 is 0 Å². The van der Waals surface area contributed by atoms with Gasteiger partial charge in [0.05, 0.1) is 5.69 Å². The van der Waals surface area contributed by atoms with Crippen molar-refractivity contribution in [3.8, 4) is 5.69 Å². The van der Waals surface area contributed by atoms with Gasteiger partial charge < -0.3 is 5.32 Å². The van der Waals surface area contributed by atoms with Gasteiger partial charge in [0.1, 0.15) is 11.6 Å². The van der Waals surface area contributed by atoms with Gasteiger partial charge in [-0.2, -0.15) is 5.10 Å². The van der Waals surface area contributed by atoms with Crippen molar-refractivity contribution in [1.29, 1.82) is 0 Å². The summed E-state index contributed by atoms with van der Waals surface area (Å²) in [5.41, 5.74) is 3.67. The third-order valence-corrected chi connectivity index (χ3v) is 4.04. The van der Waals surface area contributed by atoms with Crippen LogP contribution in [0, 0.1) is 20.8 Å². The maximum atomic E-state index is 4.71. The summed E-state index contributed by atoms with van der Waals surface area (Å²) in [6, 6.07) is 6.51. The predicted octanol–water partition coefficient (Wildman–Crippen LogP) is 3.08. The Morgan fingerprint density at radius 2 is 1.86 bits per heavy atom. The molecule has 0 aliphatic carbocycles. The fourth-order valence-electron chi connectivity index (χ4n) is 2.90. The van der Waals surface area contributed by atoms with Crippen molar-refractivity contribution in [3.05, 3.63) is 41.0 Å². The highest BCUT2D eigenvalue weighted by atomic mass is 35.5. The van der Waals surface area contributed by atoms with Crippen LogP contribution in [-0.2, 0) is 0 Å². The number of piperidine rings is 1. The van der Waals surface area contributed by atoms with Crippen molar-refractivity contribution in [3.63, 3.8) is 0 Å². The first-order chi connectivity index (χ1) is 9.65. The molecular formula is C16H23ClN4. The molecule has 21 heavy (non-hydrogen) atoms. The van der Waals surface area contributed by atoms with E-state index in [9.17, 15) is 0 Å². The number of rotatable bonds is 2. The minimum atomic E-state index is 0. The van der Waals surface area contributed by atoms with Gasteiger partial charge in [-0.25, -0.2) is 9.67 Å². The van der Waals surface area contributed by atoms with Crippen molar-refractivity contribution >= 4 is 12.4 Å². The number of aromatic nitrogens is 3. The van der Waals surface area contributed by atoms with Crippen molar-refractivity contribution in [2.24, 2.45) is 0 Å². The van der Waals surface area contributed by atoms with Crippen LogP contribution in [0.2, 0.25) is 0 Å². The fraction of sp³-hybridized carbons (Fsp3) is 0.500. The lowest BCUT2D eigenvalue weighted by atomic mass is 9.97. The van der Waals surface area contributed by atoms with Crippen LogP contribution in [0.25, 0.3) is 5.69 Å². The van der Waals surface area contributed by atoms with E-state index in [0.29, 0.717) is 5.92 Å². The summed E-state index contributed by atoms with van der Waals surface area (Å²) in [4.78, 5) is 4.71. The third-order valence-electron chi connectivity index (χ3n) is 4.04. The van der Waals surface area contributed by atoms with Crippen molar-refractivity contribution < 1.29 is 0 Å². The van der Waals surface area contributed by atoms with Crippen molar-refractivity contribution in [2.75, 3.05) is 13.1 Å².